The van der Waals surface area contributed by atoms with Crippen LogP contribution in [0, 0.1) is 0 Å². The molecule has 0 radical (unpaired) electrons. The third-order valence-corrected chi connectivity index (χ3v) is 4.81. The largest absolute Gasteiger partial charge is 0.503 e. The number of phenols is 1. The number of hydrogen-bond acceptors (Lipinski definition) is 5. The number of rotatable bonds is 4. The van der Waals surface area contributed by atoms with E-state index in [0.717, 1.165) is 24.3 Å². The Kier molecular flexibility index (Phi) is 4.85. The van der Waals surface area contributed by atoms with Crippen molar-refractivity contribution in [3.05, 3.63) is 22.7 Å². The number of phenolic OH excluding ortho intramolecular Hbond substituents is 1. The van der Waals surface area contributed by atoms with E-state index in [0.29, 0.717) is 25.0 Å². The van der Waals surface area contributed by atoms with Gasteiger partial charge < -0.3 is 15.2 Å². The highest BCUT2D eigenvalue weighted by Gasteiger charge is 2.51. The summed E-state index contributed by atoms with van der Waals surface area (Å²) in [5, 5.41) is 17.6. The summed E-state index contributed by atoms with van der Waals surface area (Å²) in [4.78, 5) is 24.8. The lowest BCUT2D eigenvalue weighted by atomic mass is 9.82. The van der Waals surface area contributed by atoms with E-state index in [4.69, 9.17) is 16.3 Å². The van der Waals surface area contributed by atoms with Gasteiger partial charge in [-0.15, -0.1) is 5.01 Å². The molecule has 1 aromatic carbocycles. The van der Waals surface area contributed by atoms with Gasteiger partial charge in [0.1, 0.15) is 5.54 Å². The summed E-state index contributed by atoms with van der Waals surface area (Å²) < 4.78 is 5.31. The maximum absolute atomic E-state index is 12.6. The Morgan fingerprint density at radius 2 is 2.08 bits per heavy atom. The van der Waals surface area contributed by atoms with Crippen LogP contribution in [-0.4, -0.2) is 40.4 Å². The van der Waals surface area contributed by atoms with Gasteiger partial charge in [-0.2, -0.15) is 5.10 Å². The van der Waals surface area contributed by atoms with E-state index in [2.05, 4.69) is 10.4 Å². The first kappa shape index (κ1) is 17.5. The molecule has 2 fully saturated rings. The minimum atomic E-state index is -0.810. The van der Waals surface area contributed by atoms with Crippen LogP contribution in [0.15, 0.2) is 17.2 Å². The molecule has 7 nitrogen and oxygen atoms in total. The quantitative estimate of drug-likeness (QED) is 0.633. The summed E-state index contributed by atoms with van der Waals surface area (Å²) in [6, 6.07) is 2.51. The number of amides is 3. The monoisotopic (exact) mass is 365 g/mol. The van der Waals surface area contributed by atoms with E-state index in [9.17, 15) is 14.7 Å². The van der Waals surface area contributed by atoms with Gasteiger partial charge in [-0.05, 0) is 37.5 Å². The number of urea groups is 1. The van der Waals surface area contributed by atoms with Crippen molar-refractivity contribution >= 4 is 29.8 Å². The van der Waals surface area contributed by atoms with Gasteiger partial charge in [0, 0.05) is 0 Å². The normalized spacial score (nSPS) is 19.7. The Bertz CT molecular complexity index is 729. The molecule has 1 saturated carbocycles. The predicted octanol–water partition coefficient (Wildman–Crippen LogP) is 3.03. The molecule has 2 aliphatic rings. The first-order chi connectivity index (χ1) is 12.0. The zero-order valence-electron chi connectivity index (χ0n) is 13.9. The maximum Gasteiger partial charge on any atom is 0.346 e. The molecule has 1 aromatic rings. The van der Waals surface area contributed by atoms with E-state index in [1.807, 2.05) is 0 Å². The molecule has 1 saturated heterocycles. The van der Waals surface area contributed by atoms with Crippen LogP contribution in [0.3, 0.4) is 0 Å². The highest BCUT2D eigenvalue weighted by molar-refractivity contribution is 6.32. The standard InChI is InChI=1S/C17H20ClN3O4/c1-2-25-13-9-11(8-12(18)14(13)22)10-19-21-15(23)17(20-16(21)24)6-4-3-5-7-17/h8-10,22H,2-7H2,1H3,(H,20,24)/b19-10+. The Morgan fingerprint density at radius 1 is 1.36 bits per heavy atom. The molecule has 3 rings (SSSR count). The van der Waals surface area contributed by atoms with Gasteiger partial charge in [-0.3, -0.25) is 4.79 Å². The van der Waals surface area contributed by atoms with Crippen LogP contribution < -0.4 is 10.1 Å². The van der Waals surface area contributed by atoms with Crippen LogP contribution in [0.5, 0.6) is 11.5 Å². The molecule has 0 atom stereocenters. The number of nitrogens with zero attached hydrogens (tertiary/aromatic N) is 2. The number of benzene rings is 1. The Balaban J connectivity index is 1.82. The molecule has 0 unspecified atom stereocenters. The molecule has 0 bridgehead atoms. The summed E-state index contributed by atoms with van der Waals surface area (Å²) in [5.41, 5.74) is -0.299. The first-order valence-corrected chi connectivity index (χ1v) is 8.70. The topological polar surface area (TPSA) is 91.2 Å². The molecule has 0 aromatic heterocycles. The highest BCUT2D eigenvalue weighted by Crippen LogP contribution is 2.35. The average molecular weight is 366 g/mol. The molecule has 1 spiro atoms. The van der Waals surface area contributed by atoms with Crippen LogP contribution in [0.25, 0.3) is 0 Å². The van der Waals surface area contributed by atoms with Crippen molar-refractivity contribution < 1.29 is 19.4 Å². The third kappa shape index (κ3) is 3.28. The number of ether oxygens (including phenoxy) is 1. The Hall–Kier alpha value is -2.28. The lowest BCUT2D eigenvalue weighted by Gasteiger charge is -2.29. The smallest absolute Gasteiger partial charge is 0.346 e. The molecule has 2 N–H and O–H groups in total. The second-order valence-corrected chi connectivity index (χ2v) is 6.62. The molecule has 3 amide bonds. The summed E-state index contributed by atoms with van der Waals surface area (Å²) in [6.07, 6.45) is 5.53. The van der Waals surface area contributed by atoms with E-state index in [1.54, 1.807) is 13.0 Å². The number of halogens is 1. The van der Waals surface area contributed by atoms with Crippen LogP contribution >= 0.6 is 11.6 Å². The Morgan fingerprint density at radius 3 is 2.76 bits per heavy atom. The highest BCUT2D eigenvalue weighted by atomic mass is 35.5. The van der Waals surface area contributed by atoms with Crippen molar-refractivity contribution in [2.75, 3.05) is 6.61 Å². The first-order valence-electron chi connectivity index (χ1n) is 8.33. The van der Waals surface area contributed by atoms with Gasteiger partial charge in [0.05, 0.1) is 17.8 Å². The van der Waals surface area contributed by atoms with E-state index >= 15 is 0 Å². The maximum atomic E-state index is 12.6. The van der Waals surface area contributed by atoms with Crippen LogP contribution in [0.4, 0.5) is 4.79 Å². The summed E-state index contributed by atoms with van der Waals surface area (Å²) in [7, 11) is 0. The van der Waals surface area contributed by atoms with Crippen molar-refractivity contribution in [1.29, 1.82) is 0 Å². The molecular weight excluding hydrogens is 346 g/mol. The average Bonchev–Trinajstić information content (AvgIpc) is 2.81. The molecule has 134 valence electrons. The van der Waals surface area contributed by atoms with Gasteiger partial charge in [-0.25, -0.2) is 4.79 Å². The van der Waals surface area contributed by atoms with Crippen LogP contribution in [0.2, 0.25) is 5.02 Å². The Labute approximate surface area is 150 Å². The second kappa shape index (κ2) is 6.92. The van der Waals surface area contributed by atoms with E-state index < -0.39 is 11.6 Å². The number of aromatic hydroxyl groups is 1. The lowest BCUT2D eigenvalue weighted by Crippen LogP contribution is -2.48. The number of imide groups is 1. The van der Waals surface area contributed by atoms with Crippen molar-refractivity contribution in [2.45, 2.75) is 44.6 Å². The molecule has 1 aliphatic heterocycles. The van der Waals surface area contributed by atoms with E-state index in [-0.39, 0.29) is 22.4 Å². The zero-order valence-corrected chi connectivity index (χ0v) is 14.7. The number of hydrazone groups is 1. The van der Waals surface area contributed by atoms with Gasteiger partial charge in [0.25, 0.3) is 5.91 Å². The molecule has 25 heavy (non-hydrogen) atoms. The fourth-order valence-corrected chi connectivity index (χ4v) is 3.48. The zero-order chi connectivity index (χ0) is 18.0. The number of carbonyl (C=O) groups excluding carboxylic acids is 2. The summed E-state index contributed by atoms with van der Waals surface area (Å²) in [5.74, 6) is -0.252. The van der Waals surface area contributed by atoms with Crippen molar-refractivity contribution in [3.63, 3.8) is 0 Å². The number of nitrogens with one attached hydrogen (secondary N) is 1. The summed E-state index contributed by atoms with van der Waals surface area (Å²) >= 11 is 5.97. The lowest BCUT2D eigenvalue weighted by molar-refractivity contribution is -0.132. The van der Waals surface area contributed by atoms with Gasteiger partial charge in [0.15, 0.2) is 11.5 Å². The van der Waals surface area contributed by atoms with Crippen LogP contribution in [0.1, 0.15) is 44.6 Å². The van der Waals surface area contributed by atoms with Crippen molar-refractivity contribution in [3.8, 4) is 11.5 Å². The van der Waals surface area contributed by atoms with Crippen LogP contribution in [-0.2, 0) is 4.79 Å². The predicted molar refractivity (Wildman–Crippen MR) is 93.1 cm³/mol. The number of carbonyl (C=O) groups is 2. The van der Waals surface area contributed by atoms with E-state index in [1.165, 1.54) is 12.3 Å². The third-order valence-electron chi connectivity index (χ3n) is 4.52. The minimum absolute atomic E-state index is 0.105. The van der Waals surface area contributed by atoms with Gasteiger partial charge in [0.2, 0.25) is 0 Å². The molecular formula is C17H20ClN3O4. The summed E-state index contributed by atoms with van der Waals surface area (Å²) in [6.45, 7) is 2.14. The number of hydrogen-bond donors (Lipinski definition) is 2. The van der Waals surface area contributed by atoms with Crippen molar-refractivity contribution in [1.82, 2.24) is 10.3 Å². The molecule has 8 heteroatoms. The minimum Gasteiger partial charge on any atom is -0.503 e. The van der Waals surface area contributed by atoms with Gasteiger partial charge in [-0.1, -0.05) is 30.9 Å². The molecule has 1 heterocycles. The SMILES string of the molecule is CCOc1cc(/C=N/N2C(=O)NC3(CCCCC3)C2=O)cc(Cl)c1O. The second-order valence-electron chi connectivity index (χ2n) is 6.22. The fourth-order valence-electron chi connectivity index (χ4n) is 3.26. The van der Waals surface area contributed by atoms with Gasteiger partial charge >= 0.3 is 6.03 Å². The van der Waals surface area contributed by atoms with Crippen molar-refractivity contribution in [2.24, 2.45) is 5.10 Å². The fraction of sp³-hybridized carbons (Fsp3) is 0.471. The molecule has 1 aliphatic carbocycles.